The third-order valence-electron chi connectivity index (χ3n) is 5.59. The minimum absolute atomic E-state index is 0.344. The molecule has 2 N–H and O–H groups in total. The lowest BCUT2D eigenvalue weighted by Gasteiger charge is -2.30. The summed E-state index contributed by atoms with van der Waals surface area (Å²) in [7, 11) is 0. The molecule has 0 aromatic heterocycles. The molecule has 4 atom stereocenters. The van der Waals surface area contributed by atoms with Crippen molar-refractivity contribution in [1.29, 1.82) is 0 Å². The van der Waals surface area contributed by atoms with E-state index in [1.807, 2.05) is 0 Å². The third-order valence-corrected chi connectivity index (χ3v) is 5.59. The Labute approximate surface area is 116 Å². The molecule has 0 aromatic rings. The number of carbonyl (C=O) groups excluding carboxylic acids is 1. The van der Waals surface area contributed by atoms with Crippen molar-refractivity contribution in [2.24, 2.45) is 23.7 Å². The molecular formula is C16H28N2O. The molecule has 3 fully saturated rings. The number of piperidine rings is 1. The monoisotopic (exact) mass is 264 g/mol. The first-order valence-electron chi connectivity index (χ1n) is 8.27. The van der Waals surface area contributed by atoms with Crippen LogP contribution in [0.2, 0.25) is 0 Å². The molecule has 3 heteroatoms. The van der Waals surface area contributed by atoms with Gasteiger partial charge in [0.25, 0.3) is 0 Å². The molecule has 2 aliphatic carbocycles. The topological polar surface area (TPSA) is 41.1 Å². The van der Waals surface area contributed by atoms with Gasteiger partial charge >= 0.3 is 0 Å². The highest BCUT2D eigenvalue weighted by atomic mass is 16.2. The van der Waals surface area contributed by atoms with E-state index >= 15 is 0 Å². The summed E-state index contributed by atoms with van der Waals surface area (Å²) in [5, 5.41) is 6.69. The minimum Gasteiger partial charge on any atom is -0.352 e. The second-order valence-electron chi connectivity index (χ2n) is 6.99. The Kier molecular flexibility index (Phi) is 4.11. The first kappa shape index (κ1) is 13.4. The van der Waals surface area contributed by atoms with Crippen LogP contribution in [-0.4, -0.2) is 25.0 Å². The lowest BCUT2D eigenvalue weighted by Crippen LogP contribution is -2.50. The second kappa shape index (κ2) is 5.82. The Balaban J connectivity index is 1.46. The number of rotatable bonds is 3. The minimum atomic E-state index is 0.344. The molecule has 2 saturated carbocycles. The van der Waals surface area contributed by atoms with E-state index in [-0.39, 0.29) is 0 Å². The summed E-state index contributed by atoms with van der Waals surface area (Å²) in [5.41, 5.74) is 0. The van der Waals surface area contributed by atoms with E-state index in [0.29, 0.717) is 29.7 Å². The summed E-state index contributed by atoms with van der Waals surface area (Å²) < 4.78 is 0. The average molecular weight is 264 g/mol. The molecule has 3 rings (SSSR count). The van der Waals surface area contributed by atoms with Gasteiger partial charge in [-0.3, -0.25) is 4.79 Å². The van der Waals surface area contributed by atoms with E-state index in [1.54, 1.807) is 0 Å². The molecule has 0 spiro atoms. The van der Waals surface area contributed by atoms with Crippen molar-refractivity contribution in [2.75, 3.05) is 13.1 Å². The molecule has 0 radical (unpaired) electrons. The van der Waals surface area contributed by atoms with Gasteiger partial charge in [-0.1, -0.05) is 39.0 Å². The zero-order chi connectivity index (χ0) is 13.2. The van der Waals surface area contributed by atoms with E-state index in [0.717, 1.165) is 25.4 Å². The van der Waals surface area contributed by atoms with Crippen molar-refractivity contribution in [3.8, 4) is 0 Å². The van der Waals surface area contributed by atoms with Crippen molar-refractivity contribution in [3.63, 3.8) is 0 Å². The predicted molar refractivity (Wildman–Crippen MR) is 76.8 cm³/mol. The molecule has 1 saturated heterocycles. The normalized spacial score (nSPS) is 39.8. The van der Waals surface area contributed by atoms with Crippen LogP contribution in [0.4, 0.5) is 0 Å². The first-order chi connectivity index (χ1) is 9.25. The second-order valence-corrected chi connectivity index (χ2v) is 6.99. The lowest BCUT2D eigenvalue weighted by molar-refractivity contribution is -0.124. The zero-order valence-corrected chi connectivity index (χ0v) is 12.2. The smallest absolute Gasteiger partial charge is 0.223 e. The van der Waals surface area contributed by atoms with Crippen LogP contribution >= 0.6 is 0 Å². The summed E-state index contributed by atoms with van der Waals surface area (Å²) in [4.78, 5) is 12.3. The fraction of sp³-hybridized carbons (Fsp3) is 0.938. The van der Waals surface area contributed by atoms with E-state index < -0.39 is 0 Å². The van der Waals surface area contributed by atoms with E-state index in [9.17, 15) is 4.79 Å². The van der Waals surface area contributed by atoms with Crippen molar-refractivity contribution in [3.05, 3.63) is 0 Å². The summed E-state index contributed by atoms with van der Waals surface area (Å²) >= 11 is 0. The fourth-order valence-corrected chi connectivity index (χ4v) is 4.07. The predicted octanol–water partition coefficient (Wildman–Crippen LogP) is 2.32. The van der Waals surface area contributed by atoms with Crippen molar-refractivity contribution < 1.29 is 4.79 Å². The van der Waals surface area contributed by atoms with Crippen LogP contribution in [0.5, 0.6) is 0 Å². The summed E-state index contributed by atoms with van der Waals surface area (Å²) in [6.45, 7) is 4.31. The highest BCUT2D eigenvalue weighted by Crippen LogP contribution is 2.49. The average Bonchev–Trinajstić information content (AvgIpc) is 3.23. The third kappa shape index (κ3) is 3.13. The molecule has 3 aliphatic rings. The fourth-order valence-electron chi connectivity index (χ4n) is 4.07. The number of carbonyl (C=O) groups is 1. The van der Waals surface area contributed by atoms with E-state index in [4.69, 9.17) is 0 Å². The van der Waals surface area contributed by atoms with Crippen molar-refractivity contribution in [1.82, 2.24) is 10.6 Å². The van der Waals surface area contributed by atoms with Gasteiger partial charge in [-0.15, -0.1) is 0 Å². The van der Waals surface area contributed by atoms with Gasteiger partial charge in [-0.25, -0.2) is 0 Å². The van der Waals surface area contributed by atoms with Crippen LogP contribution in [0.25, 0.3) is 0 Å². The highest BCUT2D eigenvalue weighted by molar-refractivity contribution is 5.81. The molecule has 1 aliphatic heterocycles. The molecule has 0 aromatic carbocycles. The maximum absolute atomic E-state index is 12.3. The van der Waals surface area contributed by atoms with Gasteiger partial charge in [-0.2, -0.15) is 0 Å². The van der Waals surface area contributed by atoms with Crippen molar-refractivity contribution >= 4 is 5.91 Å². The Bertz CT molecular complexity index is 325. The van der Waals surface area contributed by atoms with E-state index in [1.165, 1.54) is 38.5 Å². The van der Waals surface area contributed by atoms with Gasteiger partial charge in [0.1, 0.15) is 0 Å². The lowest BCUT2D eigenvalue weighted by atomic mass is 9.85. The standard InChI is InChI=1S/C16H28N2O/c1-11-7-8-17-10-15(11)18-16(19)14-9-13(14)12-5-3-2-4-6-12/h11-15,17H,2-10H2,1H3,(H,18,19). The number of nitrogens with one attached hydrogen (secondary N) is 2. The quantitative estimate of drug-likeness (QED) is 0.821. The Hall–Kier alpha value is -0.570. The molecule has 1 amide bonds. The van der Waals surface area contributed by atoms with Gasteiger partial charge in [-0.05, 0) is 37.1 Å². The van der Waals surface area contributed by atoms with Crippen molar-refractivity contribution in [2.45, 2.75) is 57.9 Å². The first-order valence-corrected chi connectivity index (χ1v) is 8.27. The van der Waals surface area contributed by atoms with Gasteiger partial charge < -0.3 is 10.6 Å². The van der Waals surface area contributed by atoms with Crippen LogP contribution in [0.15, 0.2) is 0 Å². The maximum Gasteiger partial charge on any atom is 0.223 e. The van der Waals surface area contributed by atoms with Gasteiger partial charge in [0, 0.05) is 18.5 Å². The van der Waals surface area contributed by atoms with Crippen LogP contribution in [0, 0.1) is 23.7 Å². The molecule has 0 bridgehead atoms. The summed E-state index contributed by atoms with van der Waals surface area (Å²) in [6.07, 6.45) is 9.27. The number of hydrogen-bond acceptors (Lipinski definition) is 2. The number of amides is 1. The number of hydrogen-bond donors (Lipinski definition) is 2. The summed E-state index contributed by atoms with van der Waals surface area (Å²) in [6, 6.07) is 0.355. The van der Waals surface area contributed by atoms with Gasteiger partial charge in [0.2, 0.25) is 5.91 Å². The Morgan fingerprint density at radius 2 is 1.95 bits per heavy atom. The summed E-state index contributed by atoms with van der Waals surface area (Å²) in [5.74, 6) is 2.88. The maximum atomic E-state index is 12.3. The molecule has 108 valence electrons. The largest absolute Gasteiger partial charge is 0.352 e. The SMILES string of the molecule is CC1CCNCC1NC(=O)C1CC1C1CCCCC1. The van der Waals surface area contributed by atoms with Gasteiger partial charge in [0.15, 0.2) is 0 Å². The molecule has 4 unspecified atom stereocenters. The van der Waals surface area contributed by atoms with E-state index in [2.05, 4.69) is 17.6 Å². The Morgan fingerprint density at radius 3 is 2.68 bits per heavy atom. The van der Waals surface area contributed by atoms with Crippen LogP contribution in [0.3, 0.4) is 0 Å². The zero-order valence-electron chi connectivity index (χ0n) is 12.2. The molecule has 19 heavy (non-hydrogen) atoms. The molecular weight excluding hydrogens is 236 g/mol. The van der Waals surface area contributed by atoms with Gasteiger partial charge in [0.05, 0.1) is 0 Å². The highest BCUT2D eigenvalue weighted by Gasteiger charge is 2.47. The van der Waals surface area contributed by atoms with Crippen LogP contribution in [-0.2, 0) is 4.79 Å². The molecule has 3 nitrogen and oxygen atoms in total. The van der Waals surface area contributed by atoms with Crippen LogP contribution in [0.1, 0.15) is 51.9 Å². The van der Waals surface area contributed by atoms with Crippen LogP contribution < -0.4 is 10.6 Å². The Morgan fingerprint density at radius 1 is 1.16 bits per heavy atom. The molecule has 1 heterocycles.